The lowest BCUT2D eigenvalue weighted by molar-refractivity contribution is 0.0250. The fraction of sp³-hybridized carbons (Fsp3) is 0.812. The highest BCUT2D eigenvalue weighted by Crippen LogP contribution is 2.35. The van der Waals surface area contributed by atoms with Crippen molar-refractivity contribution in [2.24, 2.45) is 7.05 Å². The van der Waals surface area contributed by atoms with Crippen LogP contribution in [0.2, 0.25) is 0 Å². The monoisotopic (exact) mass is 292 g/mol. The summed E-state index contributed by atoms with van der Waals surface area (Å²) in [6, 6.07) is 1.02. The molecule has 1 N–H and O–H groups in total. The Morgan fingerprint density at radius 2 is 2.19 bits per heavy atom. The van der Waals surface area contributed by atoms with Crippen LogP contribution in [0.3, 0.4) is 0 Å². The Morgan fingerprint density at radius 3 is 2.95 bits per heavy atom. The molecule has 1 aliphatic heterocycles. The molecule has 2 unspecified atom stereocenters. The number of nitrogens with one attached hydrogen (secondary N) is 1. The van der Waals surface area contributed by atoms with E-state index in [1.807, 2.05) is 0 Å². The first-order valence-corrected chi connectivity index (χ1v) is 8.22. The summed E-state index contributed by atoms with van der Waals surface area (Å²) >= 11 is 0. The van der Waals surface area contributed by atoms with Gasteiger partial charge in [-0.2, -0.15) is 5.10 Å². The fourth-order valence-corrected chi connectivity index (χ4v) is 3.75. The second kappa shape index (κ2) is 5.97. The lowest BCUT2D eigenvalue weighted by Crippen LogP contribution is -2.49. The van der Waals surface area contributed by atoms with Gasteiger partial charge in [0.05, 0.1) is 24.4 Å². The van der Waals surface area contributed by atoms with Crippen molar-refractivity contribution in [2.45, 2.75) is 64.8 Å². The van der Waals surface area contributed by atoms with Crippen molar-refractivity contribution >= 4 is 5.82 Å². The van der Waals surface area contributed by atoms with E-state index in [0.717, 1.165) is 25.4 Å². The molecule has 21 heavy (non-hydrogen) atoms. The Morgan fingerprint density at radius 1 is 1.38 bits per heavy atom. The third kappa shape index (κ3) is 2.81. The number of fused-ring (bicyclic) bond motifs is 1. The van der Waals surface area contributed by atoms with Crippen LogP contribution >= 0.6 is 0 Å². The van der Waals surface area contributed by atoms with E-state index in [1.165, 1.54) is 30.6 Å². The summed E-state index contributed by atoms with van der Waals surface area (Å²) < 4.78 is 8.01. The smallest absolute Gasteiger partial charge is 0.131 e. The molecule has 118 valence electrons. The summed E-state index contributed by atoms with van der Waals surface area (Å²) in [4.78, 5) is 2.55. The first kappa shape index (κ1) is 14.9. The third-order valence-electron chi connectivity index (χ3n) is 4.75. The Labute approximate surface area is 127 Å². The first-order valence-electron chi connectivity index (χ1n) is 8.22. The minimum absolute atomic E-state index is 0.417. The zero-order chi connectivity index (χ0) is 15.0. The highest BCUT2D eigenvalue weighted by atomic mass is 16.5. The normalized spacial score (nSPS) is 25.7. The topological polar surface area (TPSA) is 42.3 Å². The van der Waals surface area contributed by atoms with Crippen molar-refractivity contribution < 1.29 is 4.74 Å². The van der Waals surface area contributed by atoms with Crippen LogP contribution in [0, 0.1) is 6.92 Å². The highest BCUT2D eigenvalue weighted by molar-refractivity contribution is 5.52. The van der Waals surface area contributed by atoms with Gasteiger partial charge in [-0.25, -0.2) is 0 Å². The number of anilines is 1. The van der Waals surface area contributed by atoms with Gasteiger partial charge in [-0.05, 0) is 26.2 Å². The molecular weight excluding hydrogens is 264 g/mol. The average Bonchev–Trinajstić information content (AvgIpc) is 3.00. The van der Waals surface area contributed by atoms with E-state index in [9.17, 15) is 0 Å². The lowest BCUT2D eigenvalue weighted by Gasteiger charge is -2.39. The van der Waals surface area contributed by atoms with Crippen LogP contribution in [-0.2, 0) is 18.3 Å². The maximum absolute atomic E-state index is 5.95. The maximum atomic E-state index is 5.95. The van der Waals surface area contributed by atoms with E-state index >= 15 is 0 Å². The largest absolute Gasteiger partial charge is 0.374 e. The van der Waals surface area contributed by atoms with Crippen LogP contribution in [-0.4, -0.2) is 41.1 Å². The predicted molar refractivity (Wildman–Crippen MR) is 84.6 cm³/mol. The van der Waals surface area contributed by atoms with E-state index in [0.29, 0.717) is 18.2 Å². The van der Waals surface area contributed by atoms with E-state index in [2.05, 4.69) is 47.8 Å². The predicted octanol–water partition coefficient (Wildman–Crippen LogP) is 1.98. The molecule has 5 heteroatoms. The lowest BCUT2D eigenvalue weighted by atomic mass is 10.1. The van der Waals surface area contributed by atoms with Crippen molar-refractivity contribution in [1.29, 1.82) is 0 Å². The second-order valence-corrected chi connectivity index (χ2v) is 6.65. The standard InChI is InChI=1S/C16H28N4O/c1-11(2)17-10-13-12(3)18-19(4)16(13)20-8-9-21-15-7-5-6-14(15)20/h11,14-15,17H,5-10H2,1-4H3. The average molecular weight is 292 g/mol. The van der Waals surface area contributed by atoms with Gasteiger partial charge < -0.3 is 15.0 Å². The molecule has 2 heterocycles. The molecule has 2 atom stereocenters. The number of hydrogen-bond donors (Lipinski definition) is 1. The minimum atomic E-state index is 0.417. The van der Waals surface area contributed by atoms with Crippen molar-refractivity contribution in [2.75, 3.05) is 18.1 Å². The fourth-order valence-electron chi connectivity index (χ4n) is 3.75. The molecule has 2 fully saturated rings. The molecule has 1 saturated carbocycles. The minimum Gasteiger partial charge on any atom is -0.374 e. The molecule has 0 amide bonds. The molecule has 1 aromatic heterocycles. The summed E-state index contributed by atoms with van der Waals surface area (Å²) in [6.45, 7) is 9.20. The number of rotatable bonds is 4. The molecule has 1 aliphatic carbocycles. The van der Waals surface area contributed by atoms with Gasteiger partial charge in [0.1, 0.15) is 5.82 Å². The van der Waals surface area contributed by atoms with E-state index < -0.39 is 0 Å². The second-order valence-electron chi connectivity index (χ2n) is 6.65. The van der Waals surface area contributed by atoms with Gasteiger partial charge in [-0.1, -0.05) is 13.8 Å². The van der Waals surface area contributed by atoms with Crippen molar-refractivity contribution in [3.8, 4) is 0 Å². The summed E-state index contributed by atoms with van der Waals surface area (Å²) in [5.74, 6) is 1.29. The number of hydrogen-bond acceptors (Lipinski definition) is 4. The molecule has 3 rings (SSSR count). The zero-order valence-corrected chi connectivity index (χ0v) is 13.7. The SMILES string of the molecule is Cc1nn(C)c(N2CCOC3CCCC32)c1CNC(C)C. The summed E-state index contributed by atoms with van der Waals surface area (Å²) in [5, 5.41) is 8.22. The van der Waals surface area contributed by atoms with Crippen molar-refractivity contribution in [3.63, 3.8) is 0 Å². The van der Waals surface area contributed by atoms with Crippen molar-refractivity contribution in [1.82, 2.24) is 15.1 Å². The number of ether oxygens (including phenoxy) is 1. The Kier molecular flexibility index (Phi) is 4.22. The Hall–Kier alpha value is -1.07. The van der Waals surface area contributed by atoms with Gasteiger partial charge >= 0.3 is 0 Å². The van der Waals surface area contributed by atoms with Gasteiger partial charge in [-0.3, -0.25) is 4.68 Å². The van der Waals surface area contributed by atoms with Crippen LogP contribution in [0.25, 0.3) is 0 Å². The van der Waals surface area contributed by atoms with Crippen LogP contribution in [0.5, 0.6) is 0 Å². The van der Waals surface area contributed by atoms with E-state index in [1.54, 1.807) is 0 Å². The zero-order valence-electron chi connectivity index (χ0n) is 13.7. The van der Waals surface area contributed by atoms with Crippen molar-refractivity contribution in [3.05, 3.63) is 11.3 Å². The van der Waals surface area contributed by atoms with E-state index in [4.69, 9.17) is 4.74 Å². The van der Waals surface area contributed by atoms with E-state index in [-0.39, 0.29) is 0 Å². The Balaban J connectivity index is 1.89. The summed E-state index contributed by atoms with van der Waals surface area (Å²) in [6.07, 6.45) is 4.14. The summed E-state index contributed by atoms with van der Waals surface area (Å²) in [7, 11) is 2.07. The van der Waals surface area contributed by atoms with Gasteiger partial charge in [0, 0.05) is 31.7 Å². The number of morpholine rings is 1. The molecular formula is C16H28N4O. The molecule has 0 radical (unpaired) electrons. The summed E-state index contributed by atoms with van der Waals surface area (Å²) in [5.41, 5.74) is 2.49. The van der Waals surface area contributed by atoms with Gasteiger partial charge in [0.25, 0.3) is 0 Å². The van der Waals surface area contributed by atoms with Crippen LogP contribution in [0.1, 0.15) is 44.4 Å². The van der Waals surface area contributed by atoms with Crippen LogP contribution in [0.15, 0.2) is 0 Å². The maximum Gasteiger partial charge on any atom is 0.131 e. The Bertz CT molecular complexity index is 497. The third-order valence-corrected chi connectivity index (χ3v) is 4.75. The van der Waals surface area contributed by atoms with Crippen LogP contribution < -0.4 is 10.2 Å². The number of aromatic nitrogens is 2. The van der Waals surface area contributed by atoms with Gasteiger partial charge in [0.2, 0.25) is 0 Å². The molecule has 1 saturated heterocycles. The molecule has 1 aromatic rings. The van der Waals surface area contributed by atoms with Crippen LogP contribution in [0.4, 0.5) is 5.82 Å². The number of nitrogens with zero attached hydrogens (tertiary/aromatic N) is 3. The molecule has 0 spiro atoms. The molecule has 0 aromatic carbocycles. The highest BCUT2D eigenvalue weighted by Gasteiger charge is 2.38. The molecule has 0 bridgehead atoms. The molecule has 5 nitrogen and oxygen atoms in total. The number of aryl methyl sites for hydroxylation is 2. The van der Waals surface area contributed by atoms with Gasteiger partial charge in [-0.15, -0.1) is 0 Å². The van der Waals surface area contributed by atoms with Gasteiger partial charge in [0.15, 0.2) is 0 Å². The first-order chi connectivity index (χ1) is 10.1. The molecule has 2 aliphatic rings. The quantitative estimate of drug-likeness (QED) is 0.921.